The van der Waals surface area contributed by atoms with Gasteiger partial charge in [-0.05, 0) is 12.3 Å². The number of rotatable bonds is 0. The lowest BCUT2D eigenvalue weighted by Gasteiger charge is -2.38. The van der Waals surface area contributed by atoms with Crippen molar-refractivity contribution in [1.29, 1.82) is 0 Å². The molecule has 6 rings (SSSR count). The van der Waals surface area contributed by atoms with E-state index in [2.05, 4.69) is 19.1 Å². The molecule has 0 saturated carbocycles. The Morgan fingerprint density at radius 3 is 2.28 bits per heavy atom. The van der Waals surface area contributed by atoms with Crippen LogP contribution in [0.25, 0.3) is 0 Å². The van der Waals surface area contributed by atoms with Crippen molar-refractivity contribution in [2.45, 2.75) is 50.0 Å². The van der Waals surface area contributed by atoms with E-state index in [1.54, 1.807) is 0 Å². The third-order valence-corrected chi connectivity index (χ3v) is 6.59. The van der Waals surface area contributed by atoms with Gasteiger partial charge >= 0.3 is 0 Å². The van der Waals surface area contributed by atoms with Gasteiger partial charge in [0.2, 0.25) is 0 Å². The fourth-order valence-corrected chi connectivity index (χ4v) is 6.15. The van der Waals surface area contributed by atoms with Crippen LogP contribution in [0.4, 0.5) is 0 Å². The van der Waals surface area contributed by atoms with Gasteiger partial charge in [0.15, 0.2) is 0 Å². The van der Waals surface area contributed by atoms with Gasteiger partial charge in [-0.1, -0.05) is 19.1 Å². The summed E-state index contributed by atoms with van der Waals surface area (Å²) in [5.74, 6) is 3.33. The first kappa shape index (κ1) is 9.51. The van der Waals surface area contributed by atoms with Gasteiger partial charge in [0, 0.05) is 23.7 Å². The van der Waals surface area contributed by atoms with E-state index in [9.17, 15) is 0 Å². The van der Waals surface area contributed by atoms with E-state index in [0.29, 0.717) is 60.3 Å². The monoisotopic (exact) mass is 246 g/mol. The van der Waals surface area contributed by atoms with Crippen LogP contribution in [0.15, 0.2) is 12.2 Å². The second-order valence-electron chi connectivity index (χ2n) is 7.18. The summed E-state index contributed by atoms with van der Waals surface area (Å²) >= 11 is 0. The Kier molecular flexibility index (Phi) is 1.44. The summed E-state index contributed by atoms with van der Waals surface area (Å²) in [6, 6.07) is 0. The smallest absolute Gasteiger partial charge is 0.0822 e. The maximum absolute atomic E-state index is 6.42. The molecule has 6 bridgehead atoms. The van der Waals surface area contributed by atoms with Gasteiger partial charge in [-0.2, -0.15) is 0 Å². The molecular formula is C15H18O3. The summed E-state index contributed by atoms with van der Waals surface area (Å²) in [6.45, 7) is 2.35. The standard InChI is InChI=1S/C15H18O3/c1-5-4-8-11-12(13(5)17-8)15-10-7-3-2-6(16-7)9(10)14(11)18-15/h2-3,5-15H,4H2,1H3. The van der Waals surface area contributed by atoms with Crippen LogP contribution in [-0.2, 0) is 14.2 Å². The molecule has 5 saturated heterocycles. The molecule has 5 fully saturated rings. The van der Waals surface area contributed by atoms with Gasteiger partial charge < -0.3 is 14.2 Å². The summed E-state index contributed by atoms with van der Waals surface area (Å²) in [5.41, 5.74) is 0. The first-order valence-corrected chi connectivity index (χ1v) is 7.47. The lowest BCUT2D eigenvalue weighted by molar-refractivity contribution is -0.0331. The van der Waals surface area contributed by atoms with E-state index in [1.165, 1.54) is 6.42 Å². The summed E-state index contributed by atoms with van der Waals surface area (Å²) < 4.78 is 18.7. The molecule has 96 valence electrons. The minimum absolute atomic E-state index is 0.338. The van der Waals surface area contributed by atoms with Crippen molar-refractivity contribution in [3.63, 3.8) is 0 Å². The van der Waals surface area contributed by atoms with E-state index in [0.717, 1.165) is 5.92 Å². The summed E-state index contributed by atoms with van der Waals surface area (Å²) in [6.07, 6.45) is 8.26. The van der Waals surface area contributed by atoms with Crippen LogP contribution in [0.2, 0.25) is 0 Å². The molecular weight excluding hydrogens is 228 g/mol. The average molecular weight is 246 g/mol. The molecule has 18 heavy (non-hydrogen) atoms. The lowest BCUT2D eigenvalue weighted by Crippen LogP contribution is -2.49. The minimum Gasteiger partial charge on any atom is -0.374 e. The van der Waals surface area contributed by atoms with E-state index >= 15 is 0 Å². The number of fused-ring (bicyclic) bond motifs is 16. The van der Waals surface area contributed by atoms with Crippen molar-refractivity contribution < 1.29 is 14.2 Å². The molecule has 0 aromatic rings. The fourth-order valence-electron chi connectivity index (χ4n) is 6.15. The zero-order valence-corrected chi connectivity index (χ0v) is 10.4. The van der Waals surface area contributed by atoms with E-state index in [1.807, 2.05) is 0 Å². The highest BCUT2D eigenvalue weighted by molar-refractivity contribution is 5.26. The highest BCUT2D eigenvalue weighted by Crippen LogP contribution is 2.65. The molecule has 3 heteroatoms. The minimum atomic E-state index is 0.338. The highest BCUT2D eigenvalue weighted by atomic mass is 16.6. The summed E-state index contributed by atoms with van der Waals surface area (Å²) in [4.78, 5) is 0. The van der Waals surface area contributed by atoms with Crippen molar-refractivity contribution in [2.75, 3.05) is 0 Å². The van der Waals surface area contributed by atoms with Gasteiger partial charge in [-0.25, -0.2) is 0 Å². The third-order valence-electron chi connectivity index (χ3n) is 6.59. The molecule has 0 aromatic heterocycles. The third kappa shape index (κ3) is 0.800. The molecule has 0 radical (unpaired) electrons. The zero-order chi connectivity index (χ0) is 11.6. The van der Waals surface area contributed by atoms with Gasteiger partial charge in [-0.15, -0.1) is 0 Å². The van der Waals surface area contributed by atoms with Crippen LogP contribution in [0.5, 0.6) is 0 Å². The Morgan fingerprint density at radius 1 is 0.778 bits per heavy atom. The molecule has 0 N–H and O–H groups in total. The highest BCUT2D eigenvalue weighted by Gasteiger charge is 2.73. The molecule has 6 heterocycles. The Morgan fingerprint density at radius 2 is 1.50 bits per heavy atom. The van der Waals surface area contributed by atoms with Gasteiger partial charge in [0.05, 0.1) is 36.6 Å². The fraction of sp³-hybridized carbons (Fsp3) is 0.867. The predicted octanol–water partition coefficient (Wildman–Crippen LogP) is 1.38. The van der Waals surface area contributed by atoms with Gasteiger partial charge in [-0.3, -0.25) is 0 Å². The molecule has 0 aliphatic carbocycles. The number of hydrogen-bond acceptors (Lipinski definition) is 3. The predicted molar refractivity (Wildman–Crippen MR) is 62.9 cm³/mol. The van der Waals surface area contributed by atoms with E-state index in [4.69, 9.17) is 14.2 Å². The lowest BCUT2D eigenvalue weighted by atomic mass is 9.59. The van der Waals surface area contributed by atoms with Crippen LogP contribution >= 0.6 is 0 Å². The van der Waals surface area contributed by atoms with Crippen LogP contribution in [0.3, 0.4) is 0 Å². The van der Waals surface area contributed by atoms with E-state index in [-0.39, 0.29) is 0 Å². The van der Waals surface area contributed by atoms with Gasteiger partial charge in [0.1, 0.15) is 0 Å². The molecule has 0 aromatic carbocycles. The Labute approximate surface area is 106 Å². The van der Waals surface area contributed by atoms with Crippen LogP contribution in [0.1, 0.15) is 13.3 Å². The van der Waals surface area contributed by atoms with Crippen molar-refractivity contribution in [1.82, 2.24) is 0 Å². The molecule has 0 spiro atoms. The quantitative estimate of drug-likeness (QED) is 0.604. The molecule has 11 atom stereocenters. The first-order chi connectivity index (χ1) is 8.83. The molecule has 6 aliphatic heterocycles. The van der Waals surface area contributed by atoms with Crippen molar-refractivity contribution in [3.8, 4) is 0 Å². The molecule has 3 nitrogen and oxygen atoms in total. The maximum Gasteiger partial charge on any atom is 0.0822 e. The second-order valence-corrected chi connectivity index (χ2v) is 7.18. The largest absolute Gasteiger partial charge is 0.374 e. The van der Waals surface area contributed by atoms with Crippen LogP contribution in [-0.4, -0.2) is 36.6 Å². The molecule has 6 aliphatic rings. The summed E-state index contributed by atoms with van der Waals surface area (Å²) in [5, 5.41) is 0. The Bertz CT molecular complexity index is 461. The number of hydrogen-bond donors (Lipinski definition) is 0. The first-order valence-electron chi connectivity index (χ1n) is 7.47. The topological polar surface area (TPSA) is 27.7 Å². The van der Waals surface area contributed by atoms with Crippen molar-refractivity contribution in [2.24, 2.45) is 29.6 Å². The zero-order valence-electron chi connectivity index (χ0n) is 10.4. The van der Waals surface area contributed by atoms with E-state index < -0.39 is 0 Å². The van der Waals surface area contributed by atoms with Crippen LogP contribution < -0.4 is 0 Å². The average Bonchev–Trinajstić information content (AvgIpc) is 3.14. The molecule has 0 amide bonds. The Hall–Kier alpha value is -0.380. The van der Waals surface area contributed by atoms with Crippen molar-refractivity contribution in [3.05, 3.63) is 12.2 Å². The van der Waals surface area contributed by atoms with Crippen LogP contribution in [0, 0.1) is 29.6 Å². The molecule has 11 unspecified atom stereocenters. The Balaban J connectivity index is 1.46. The summed E-state index contributed by atoms with van der Waals surface area (Å²) in [7, 11) is 0. The normalized spacial score (nSPS) is 73.3. The van der Waals surface area contributed by atoms with Gasteiger partial charge in [0.25, 0.3) is 0 Å². The second kappa shape index (κ2) is 2.72. The SMILES string of the molecule is CC1CC2OC1C1C3OC(C4C5C=CC(O5)C34)C21. The maximum atomic E-state index is 6.42. The number of ether oxygens (including phenoxy) is 3. The van der Waals surface area contributed by atoms with Crippen molar-refractivity contribution >= 4 is 0 Å².